The van der Waals surface area contributed by atoms with Gasteiger partial charge in [0.25, 0.3) is 11.8 Å². The fraction of sp³-hybridized carbons (Fsp3) is 0.190. The molecule has 2 aromatic carbocycles. The van der Waals surface area contributed by atoms with E-state index >= 15 is 0 Å². The second-order valence-electron chi connectivity index (χ2n) is 6.47. The van der Waals surface area contributed by atoms with Crippen LogP contribution in [0, 0.1) is 21.0 Å². The number of halogens is 2. The van der Waals surface area contributed by atoms with Crippen molar-refractivity contribution in [3.63, 3.8) is 0 Å². The Morgan fingerprint density at radius 1 is 1.03 bits per heavy atom. The Labute approximate surface area is 196 Å². The van der Waals surface area contributed by atoms with E-state index in [1.807, 2.05) is 39.0 Å². The first kappa shape index (κ1) is 21.8. The fourth-order valence-corrected chi connectivity index (χ4v) is 5.00. The fourth-order valence-electron chi connectivity index (χ4n) is 2.87. The average molecular weight is 616 g/mol. The molecular formula is C21H18I2N2O4. The maximum absolute atomic E-state index is 13.0. The molecule has 0 radical (unpaired) electrons. The molecule has 1 heterocycles. The molecule has 1 aliphatic rings. The Morgan fingerprint density at radius 3 is 2.28 bits per heavy atom. The highest BCUT2D eigenvalue weighted by molar-refractivity contribution is 14.1. The van der Waals surface area contributed by atoms with Crippen LogP contribution >= 0.6 is 45.2 Å². The molecule has 2 aromatic rings. The number of urea groups is 1. The molecule has 0 aromatic heterocycles. The Morgan fingerprint density at radius 2 is 1.69 bits per heavy atom. The van der Waals surface area contributed by atoms with E-state index in [2.05, 4.69) is 50.5 Å². The summed E-state index contributed by atoms with van der Waals surface area (Å²) in [5.74, 6) is -0.595. The maximum Gasteiger partial charge on any atom is 0.335 e. The molecule has 0 spiro atoms. The third kappa shape index (κ3) is 4.47. The predicted octanol–water partition coefficient (Wildman–Crippen LogP) is 4.58. The van der Waals surface area contributed by atoms with Gasteiger partial charge in [0.15, 0.2) is 0 Å². The van der Waals surface area contributed by atoms with Crippen molar-refractivity contribution in [2.75, 3.05) is 11.5 Å². The highest BCUT2D eigenvalue weighted by Crippen LogP contribution is 2.30. The van der Waals surface area contributed by atoms with Crippen molar-refractivity contribution in [3.05, 3.63) is 59.7 Å². The first-order chi connectivity index (χ1) is 13.7. The second-order valence-corrected chi connectivity index (χ2v) is 8.80. The standard InChI is InChI=1S/C21H18I2N2O4/c1-4-29-18-16(22)9-13(10-17(18)23)8-15-19(26)24-21(28)25(20(15)27)14-6-5-11(2)12(3)7-14/h5-10H,4H2,1-3H3,(H,24,26,28)/b15-8+. The van der Waals surface area contributed by atoms with Gasteiger partial charge in [-0.25, -0.2) is 9.69 Å². The number of barbiturate groups is 1. The van der Waals surface area contributed by atoms with Crippen molar-refractivity contribution in [1.82, 2.24) is 5.32 Å². The molecule has 3 rings (SSSR count). The molecule has 150 valence electrons. The van der Waals surface area contributed by atoms with E-state index in [9.17, 15) is 14.4 Å². The summed E-state index contributed by atoms with van der Waals surface area (Å²) in [7, 11) is 0. The van der Waals surface area contributed by atoms with Crippen molar-refractivity contribution in [2.24, 2.45) is 0 Å². The number of nitrogens with zero attached hydrogens (tertiary/aromatic N) is 1. The van der Waals surface area contributed by atoms with Crippen LogP contribution in [0.4, 0.5) is 10.5 Å². The molecule has 0 aliphatic carbocycles. The summed E-state index contributed by atoms with van der Waals surface area (Å²) >= 11 is 4.31. The number of ether oxygens (including phenoxy) is 1. The van der Waals surface area contributed by atoms with Gasteiger partial charge in [-0.15, -0.1) is 0 Å². The first-order valence-electron chi connectivity index (χ1n) is 8.83. The van der Waals surface area contributed by atoms with Gasteiger partial charge in [0.1, 0.15) is 11.3 Å². The SMILES string of the molecule is CCOc1c(I)cc(/C=C2\C(=O)NC(=O)N(c3ccc(C)c(C)c3)C2=O)cc1I. The summed E-state index contributed by atoms with van der Waals surface area (Å²) in [5, 5.41) is 2.25. The molecule has 8 heteroatoms. The van der Waals surface area contributed by atoms with Crippen LogP contribution < -0.4 is 15.0 Å². The molecule has 4 amide bonds. The molecular weight excluding hydrogens is 598 g/mol. The van der Waals surface area contributed by atoms with Crippen molar-refractivity contribution < 1.29 is 19.1 Å². The second kappa shape index (κ2) is 8.82. The van der Waals surface area contributed by atoms with Gasteiger partial charge in [-0.1, -0.05) is 6.07 Å². The summed E-state index contributed by atoms with van der Waals surface area (Å²) in [5.41, 5.74) is 2.99. The lowest BCUT2D eigenvalue weighted by molar-refractivity contribution is -0.122. The average Bonchev–Trinajstić information content (AvgIpc) is 2.64. The number of rotatable bonds is 4. The van der Waals surface area contributed by atoms with Gasteiger partial charge in [-0.05, 0) is 113 Å². The van der Waals surface area contributed by atoms with Gasteiger partial charge < -0.3 is 4.74 Å². The van der Waals surface area contributed by atoms with Gasteiger partial charge in [-0.3, -0.25) is 14.9 Å². The number of amides is 4. The molecule has 0 unspecified atom stereocenters. The smallest absolute Gasteiger partial charge is 0.335 e. The van der Waals surface area contributed by atoms with Gasteiger partial charge in [0, 0.05) is 0 Å². The van der Waals surface area contributed by atoms with Crippen LogP contribution in [0.1, 0.15) is 23.6 Å². The Bertz CT molecular complexity index is 1040. The van der Waals surface area contributed by atoms with E-state index in [1.54, 1.807) is 12.1 Å². The zero-order valence-corrected chi connectivity index (χ0v) is 20.3. The summed E-state index contributed by atoms with van der Waals surface area (Å²) < 4.78 is 7.37. The Kier molecular flexibility index (Phi) is 6.62. The van der Waals surface area contributed by atoms with Crippen LogP contribution in [0.2, 0.25) is 0 Å². The molecule has 29 heavy (non-hydrogen) atoms. The van der Waals surface area contributed by atoms with Crippen molar-refractivity contribution in [1.29, 1.82) is 0 Å². The van der Waals surface area contributed by atoms with E-state index in [0.29, 0.717) is 17.9 Å². The number of aryl methyl sites for hydroxylation is 2. The van der Waals surface area contributed by atoms with Crippen LogP contribution in [0.5, 0.6) is 5.75 Å². The van der Waals surface area contributed by atoms with E-state index in [0.717, 1.165) is 28.9 Å². The minimum Gasteiger partial charge on any atom is -0.492 e. The zero-order valence-electron chi connectivity index (χ0n) is 16.0. The van der Waals surface area contributed by atoms with Gasteiger partial charge >= 0.3 is 6.03 Å². The maximum atomic E-state index is 13.0. The monoisotopic (exact) mass is 616 g/mol. The number of nitrogens with one attached hydrogen (secondary N) is 1. The minimum atomic E-state index is -0.753. The van der Waals surface area contributed by atoms with E-state index in [1.165, 1.54) is 6.08 Å². The van der Waals surface area contributed by atoms with E-state index in [-0.39, 0.29) is 5.57 Å². The van der Waals surface area contributed by atoms with Crippen molar-refractivity contribution in [3.8, 4) is 5.75 Å². The lowest BCUT2D eigenvalue weighted by Crippen LogP contribution is -2.54. The highest BCUT2D eigenvalue weighted by Gasteiger charge is 2.37. The first-order valence-corrected chi connectivity index (χ1v) is 11.0. The molecule has 0 atom stereocenters. The van der Waals surface area contributed by atoms with Crippen LogP contribution in [0.15, 0.2) is 35.9 Å². The van der Waals surface area contributed by atoms with Crippen LogP contribution in [0.3, 0.4) is 0 Å². The number of hydrogen-bond donors (Lipinski definition) is 1. The molecule has 1 fully saturated rings. The molecule has 0 saturated carbocycles. The van der Waals surface area contributed by atoms with Crippen LogP contribution in [0.25, 0.3) is 6.08 Å². The third-order valence-electron chi connectivity index (χ3n) is 4.47. The summed E-state index contributed by atoms with van der Waals surface area (Å²) in [4.78, 5) is 38.8. The lowest BCUT2D eigenvalue weighted by atomic mass is 10.1. The van der Waals surface area contributed by atoms with Gasteiger partial charge in [0.05, 0.1) is 19.4 Å². The third-order valence-corrected chi connectivity index (χ3v) is 6.07. The van der Waals surface area contributed by atoms with Gasteiger partial charge in [0.2, 0.25) is 0 Å². The quantitative estimate of drug-likeness (QED) is 0.311. The Balaban J connectivity index is 2.02. The van der Waals surface area contributed by atoms with Crippen LogP contribution in [-0.4, -0.2) is 24.5 Å². The number of benzene rings is 2. The zero-order chi connectivity index (χ0) is 21.3. The van der Waals surface area contributed by atoms with E-state index < -0.39 is 17.8 Å². The molecule has 0 bridgehead atoms. The largest absolute Gasteiger partial charge is 0.492 e. The number of imide groups is 2. The lowest BCUT2D eigenvalue weighted by Gasteiger charge is -2.27. The van der Waals surface area contributed by atoms with E-state index in [4.69, 9.17) is 4.74 Å². The molecule has 6 nitrogen and oxygen atoms in total. The van der Waals surface area contributed by atoms with Crippen LogP contribution in [-0.2, 0) is 9.59 Å². The summed E-state index contributed by atoms with van der Waals surface area (Å²) in [6.07, 6.45) is 1.50. The number of anilines is 1. The summed E-state index contributed by atoms with van der Waals surface area (Å²) in [6, 6.07) is 8.19. The highest BCUT2D eigenvalue weighted by atomic mass is 127. The number of hydrogen-bond acceptors (Lipinski definition) is 4. The van der Waals surface area contributed by atoms with Gasteiger partial charge in [-0.2, -0.15) is 0 Å². The Hall–Kier alpha value is -1.95. The number of carbonyl (C=O) groups is 3. The molecule has 1 N–H and O–H groups in total. The molecule has 1 aliphatic heterocycles. The number of carbonyl (C=O) groups excluding carboxylic acids is 3. The van der Waals surface area contributed by atoms with Crippen molar-refractivity contribution in [2.45, 2.75) is 20.8 Å². The topological polar surface area (TPSA) is 75.7 Å². The van der Waals surface area contributed by atoms with Crippen molar-refractivity contribution >= 4 is 74.8 Å². The summed E-state index contributed by atoms with van der Waals surface area (Å²) in [6.45, 7) is 6.30. The predicted molar refractivity (Wildman–Crippen MR) is 128 cm³/mol. The molecule has 1 saturated heterocycles. The normalized spacial score (nSPS) is 15.7. The minimum absolute atomic E-state index is 0.0985.